The van der Waals surface area contributed by atoms with Gasteiger partial charge in [-0.3, -0.25) is 33.1 Å². The van der Waals surface area contributed by atoms with E-state index in [2.05, 4.69) is 35.1 Å². The number of aromatic nitrogens is 8. The van der Waals surface area contributed by atoms with E-state index in [-0.39, 0.29) is 39.7 Å². The Bertz CT molecular complexity index is 1850. The average Bonchev–Trinajstić information content (AvgIpc) is 3.73. The van der Waals surface area contributed by atoms with E-state index >= 15 is 0 Å². The number of hydrogen-bond donors (Lipinski definition) is 9. The molecule has 6 heterocycles. The zero-order valence-electron chi connectivity index (χ0n) is 22.5. The van der Waals surface area contributed by atoms with Crippen LogP contribution in [0, 0.1) is 0 Å². The van der Waals surface area contributed by atoms with Crippen LogP contribution < -0.4 is 17.0 Å². The Hall–Kier alpha value is -3.44. The van der Waals surface area contributed by atoms with Crippen molar-refractivity contribution >= 4 is 50.0 Å². The Morgan fingerprint density at radius 3 is 2.62 bits per heavy atom. The number of rotatable bonds is 10. The van der Waals surface area contributed by atoms with E-state index in [0.717, 1.165) is 17.2 Å². The van der Waals surface area contributed by atoms with E-state index in [1.54, 1.807) is 0 Å². The number of aliphatic hydroxyl groups excluding tert-OH is 3. The smallest absolute Gasteiger partial charge is 0.394 e. The number of anilines is 2. The molecule has 23 nitrogen and oxygen atoms in total. The standard InChI is InChI=1S/C20H26N10O13P2/c21-16-9-7(23-3-24-16)8(28-29-9)14-12(33)13(42-44(35)36)6(40-14)2-39-45(37,38)43-15-11(32)5(1-31)41-19(15)30-4-25-10-17(30)26-20(22)27-18(10)34/h3-6,11-15,19,31-33,44H,1-2H2,(H,28,29)(H,35,36)(H,37,38)(H2,21,23,24)(H3,22,26,27,34)/t5-,6-,11-,12-,13-,14+,15-,19-/m1/s1. The van der Waals surface area contributed by atoms with E-state index in [0.29, 0.717) is 0 Å². The number of nitrogens with two attached hydrogens (primary N) is 2. The Kier molecular flexibility index (Phi) is 8.45. The summed E-state index contributed by atoms with van der Waals surface area (Å²) in [5.41, 5.74) is 10.9. The first-order valence-electron chi connectivity index (χ1n) is 12.9. The van der Waals surface area contributed by atoms with Gasteiger partial charge in [0.1, 0.15) is 65.8 Å². The van der Waals surface area contributed by atoms with E-state index in [4.69, 9.17) is 34.5 Å². The molecule has 45 heavy (non-hydrogen) atoms. The van der Waals surface area contributed by atoms with Gasteiger partial charge in [-0.05, 0) is 0 Å². The number of nitrogen functional groups attached to an aromatic ring is 2. The molecule has 2 aliphatic rings. The van der Waals surface area contributed by atoms with Crippen LogP contribution in [-0.2, 0) is 32.2 Å². The summed E-state index contributed by atoms with van der Waals surface area (Å²) in [6.45, 7) is -1.58. The number of hydrogen-bond acceptors (Lipinski definition) is 18. The lowest BCUT2D eigenvalue weighted by Gasteiger charge is -2.25. The lowest BCUT2D eigenvalue weighted by atomic mass is 10.1. The number of phosphoric ester groups is 1. The first-order valence-corrected chi connectivity index (χ1v) is 15.6. The Balaban J connectivity index is 1.22. The fourth-order valence-electron chi connectivity index (χ4n) is 5.12. The highest BCUT2D eigenvalue weighted by Crippen LogP contribution is 2.50. The quantitative estimate of drug-likeness (QED) is 0.0754. The van der Waals surface area contributed by atoms with Gasteiger partial charge in [-0.1, -0.05) is 0 Å². The van der Waals surface area contributed by atoms with Gasteiger partial charge in [-0.2, -0.15) is 10.1 Å². The summed E-state index contributed by atoms with van der Waals surface area (Å²) >= 11 is 0. The van der Waals surface area contributed by atoms with Crippen LogP contribution in [-0.4, -0.2) is 115 Å². The van der Waals surface area contributed by atoms with Gasteiger partial charge in [-0.25, -0.2) is 19.5 Å². The summed E-state index contributed by atoms with van der Waals surface area (Å²) in [5.74, 6) is -0.231. The predicted molar refractivity (Wildman–Crippen MR) is 146 cm³/mol. The second-order valence-corrected chi connectivity index (χ2v) is 12.0. The largest absolute Gasteiger partial charge is 0.472 e. The van der Waals surface area contributed by atoms with E-state index in [9.17, 15) is 39.0 Å². The summed E-state index contributed by atoms with van der Waals surface area (Å²) in [4.78, 5) is 50.3. The number of imidazole rings is 1. The van der Waals surface area contributed by atoms with Crippen molar-refractivity contribution in [2.24, 2.45) is 0 Å². The van der Waals surface area contributed by atoms with Crippen LogP contribution in [0.1, 0.15) is 18.0 Å². The molecule has 10 atom stereocenters. The molecule has 0 amide bonds. The summed E-state index contributed by atoms with van der Waals surface area (Å²) in [7, 11) is -8.84. The first-order chi connectivity index (χ1) is 21.4. The van der Waals surface area contributed by atoms with Crippen molar-refractivity contribution in [3.8, 4) is 0 Å². The monoisotopic (exact) mass is 676 g/mol. The van der Waals surface area contributed by atoms with Crippen molar-refractivity contribution in [2.45, 2.75) is 49.0 Å². The third-order valence-electron chi connectivity index (χ3n) is 7.12. The van der Waals surface area contributed by atoms with Crippen LogP contribution in [0.5, 0.6) is 0 Å². The second-order valence-electron chi connectivity index (χ2n) is 9.87. The lowest BCUT2D eigenvalue weighted by molar-refractivity contribution is -0.0545. The number of nitrogens with one attached hydrogen (secondary N) is 2. The van der Waals surface area contributed by atoms with Gasteiger partial charge >= 0.3 is 16.1 Å². The molecule has 0 radical (unpaired) electrons. The molecule has 2 unspecified atom stereocenters. The molecule has 2 aliphatic heterocycles. The van der Waals surface area contributed by atoms with Crippen molar-refractivity contribution in [2.75, 3.05) is 24.7 Å². The minimum absolute atomic E-state index is 0.0356. The average molecular weight is 676 g/mol. The molecule has 2 saturated heterocycles. The number of H-pyrrole nitrogens is 2. The van der Waals surface area contributed by atoms with Crippen LogP contribution in [0.3, 0.4) is 0 Å². The normalized spacial score (nSPS) is 30.7. The zero-order valence-corrected chi connectivity index (χ0v) is 24.4. The van der Waals surface area contributed by atoms with Gasteiger partial charge in [0.2, 0.25) is 5.95 Å². The highest BCUT2D eigenvalue weighted by molar-refractivity contribution is 7.47. The van der Waals surface area contributed by atoms with Gasteiger partial charge in [0.05, 0.1) is 19.5 Å². The minimum Gasteiger partial charge on any atom is -0.394 e. The topological polar surface area (TPSA) is 352 Å². The lowest BCUT2D eigenvalue weighted by Crippen LogP contribution is -2.36. The SMILES string of the molecule is Nc1nc2c(ncn2[C@@H]2O[C@H](CO)[C@@H](O)[C@H]2OP(=O)(O)OC[C@H]2O[C@@H](c3n[nH]c4c(N)ncnc34)[C@H](O)[C@@H]2O[PH](=O)O)c(=O)[nH]1. The number of ether oxygens (including phenoxy) is 2. The summed E-state index contributed by atoms with van der Waals surface area (Å²) in [6, 6.07) is 0. The molecule has 2 fully saturated rings. The molecular formula is C20H26N10O13P2. The van der Waals surface area contributed by atoms with Gasteiger partial charge < -0.3 is 50.6 Å². The molecule has 0 spiro atoms. The fraction of sp³-hybridized carbons (Fsp3) is 0.500. The van der Waals surface area contributed by atoms with Crippen LogP contribution in [0.4, 0.5) is 11.8 Å². The molecule has 4 aromatic rings. The summed E-state index contributed by atoms with van der Waals surface area (Å²) in [5, 5.41) is 38.0. The highest BCUT2D eigenvalue weighted by atomic mass is 31.2. The zero-order chi connectivity index (χ0) is 32.2. The van der Waals surface area contributed by atoms with E-state index < -0.39 is 83.8 Å². The van der Waals surface area contributed by atoms with Crippen LogP contribution in [0.2, 0.25) is 0 Å². The number of fused-ring (bicyclic) bond motifs is 2. The highest BCUT2D eigenvalue weighted by Gasteiger charge is 2.51. The molecule has 0 bridgehead atoms. The first kappa shape index (κ1) is 31.5. The summed E-state index contributed by atoms with van der Waals surface area (Å²) < 4.78 is 52.5. The van der Waals surface area contributed by atoms with Crippen LogP contribution in [0.25, 0.3) is 22.2 Å². The summed E-state index contributed by atoms with van der Waals surface area (Å²) in [6.07, 6.45) is -9.92. The number of nitrogens with zero attached hydrogens (tertiary/aromatic N) is 6. The number of aromatic amines is 2. The maximum atomic E-state index is 13.1. The third-order valence-corrected chi connectivity index (χ3v) is 8.58. The predicted octanol–water partition coefficient (Wildman–Crippen LogP) is -3.03. The molecule has 0 aliphatic carbocycles. The van der Waals surface area contributed by atoms with Gasteiger partial charge in [0.25, 0.3) is 5.56 Å². The molecule has 244 valence electrons. The minimum atomic E-state index is -5.17. The van der Waals surface area contributed by atoms with E-state index in [1.807, 2.05) is 0 Å². The Morgan fingerprint density at radius 1 is 1.11 bits per heavy atom. The molecule has 4 aromatic heterocycles. The van der Waals surface area contributed by atoms with Crippen molar-refractivity contribution in [3.05, 3.63) is 28.7 Å². The molecule has 0 aromatic carbocycles. The Morgan fingerprint density at radius 2 is 1.89 bits per heavy atom. The third kappa shape index (κ3) is 5.85. The molecule has 11 N–H and O–H groups in total. The fourth-order valence-corrected chi connectivity index (χ4v) is 6.58. The van der Waals surface area contributed by atoms with E-state index in [1.165, 1.54) is 0 Å². The van der Waals surface area contributed by atoms with Crippen molar-refractivity contribution in [1.29, 1.82) is 0 Å². The van der Waals surface area contributed by atoms with Gasteiger partial charge in [0.15, 0.2) is 23.2 Å². The van der Waals surface area contributed by atoms with Crippen LogP contribution >= 0.6 is 16.1 Å². The molecule has 6 rings (SSSR count). The number of aliphatic hydroxyl groups is 3. The Labute approximate surface area is 249 Å². The van der Waals surface area contributed by atoms with Crippen LogP contribution in [0.15, 0.2) is 17.4 Å². The second kappa shape index (κ2) is 12.1. The van der Waals surface area contributed by atoms with Gasteiger partial charge in [-0.15, -0.1) is 0 Å². The molecule has 25 heteroatoms. The van der Waals surface area contributed by atoms with Crippen molar-refractivity contribution in [3.63, 3.8) is 0 Å². The van der Waals surface area contributed by atoms with Gasteiger partial charge in [0, 0.05) is 0 Å². The molecular weight excluding hydrogens is 650 g/mol. The maximum Gasteiger partial charge on any atom is 0.472 e. The van der Waals surface area contributed by atoms with Crippen molar-refractivity contribution in [1.82, 2.24) is 39.7 Å². The molecule has 0 saturated carbocycles. The maximum absolute atomic E-state index is 13.1. The van der Waals surface area contributed by atoms with Crippen molar-refractivity contribution < 1.29 is 57.3 Å². The number of phosphoric acid groups is 1.